The number of likely N-dealkylation sites (tertiary alicyclic amines) is 1. The van der Waals surface area contributed by atoms with Crippen LogP contribution in [0.4, 0.5) is 0 Å². The van der Waals surface area contributed by atoms with Gasteiger partial charge in [0.2, 0.25) is 11.1 Å². The van der Waals surface area contributed by atoms with Gasteiger partial charge in [-0.3, -0.25) is 4.79 Å². The van der Waals surface area contributed by atoms with Crippen LogP contribution in [0.2, 0.25) is 5.02 Å². The summed E-state index contributed by atoms with van der Waals surface area (Å²) in [5, 5.41) is 10.2. The predicted octanol–water partition coefficient (Wildman–Crippen LogP) is 3.66. The number of nitrogens with zero attached hydrogens (tertiary/aromatic N) is 4. The van der Waals surface area contributed by atoms with Gasteiger partial charge in [0.25, 0.3) is 0 Å². The number of ether oxygens (including phenoxy) is 1. The molecule has 0 bridgehead atoms. The predicted molar refractivity (Wildman–Crippen MR) is 107 cm³/mol. The van der Waals surface area contributed by atoms with Gasteiger partial charge in [-0.05, 0) is 38.3 Å². The van der Waals surface area contributed by atoms with Crippen molar-refractivity contribution in [1.82, 2.24) is 25.1 Å². The van der Waals surface area contributed by atoms with Gasteiger partial charge in [0, 0.05) is 12.6 Å². The maximum Gasteiger partial charge on any atom is 0.233 e. The molecule has 2 aromatic heterocycles. The molecule has 1 saturated heterocycles. The van der Waals surface area contributed by atoms with Gasteiger partial charge in [0.15, 0.2) is 5.65 Å². The molecule has 0 spiro atoms. The number of piperidine rings is 1. The number of hydrogen-bond donors (Lipinski definition) is 1. The zero-order chi connectivity index (χ0) is 19.0. The maximum atomic E-state index is 12.5. The summed E-state index contributed by atoms with van der Waals surface area (Å²) in [5.41, 5.74) is 1.91. The normalized spacial score (nSPS) is 17.6. The number of hydrogen-bond acceptors (Lipinski definition) is 6. The Morgan fingerprint density at radius 3 is 3.04 bits per heavy atom. The van der Waals surface area contributed by atoms with E-state index in [1.54, 1.807) is 19.2 Å². The van der Waals surface area contributed by atoms with E-state index in [1.165, 1.54) is 18.2 Å². The fraction of sp³-hybridized carbons (Fsp3) is 0.444. The molecular weight excluding hydrogens is 386 g/mol. The van der Waals surface area contributed by atoms with E-state index in [1.807, 2.05) is 4.90 Å². The van der Waals surface area contributed by atoms with Crippen LogP contribution >= 0.6 is 23.4 Å². The number of H-pyrrole nitrogens is 1. The molecule has 9 heteroatoms. The first-order chi connectivity index (χ1) is 13.1. The number of thioether (sulfide) groups is 1. The molecule has 0 saturated carbocycles. The summed E-state index contributed by atoms with van der Waals surface area (Å²) >= 11 is 7.62. The standard InChI is InChI=1S/C18H20ClN5O2S/c1-10-5-3-4-8-24(10)13(25)9-27-18-21-17-16(22-23-18)14-11(19)6-7-12(26-2)15(14)20-17/h6-7,10H,3-5,8-9H2,1-2H3,(H,20,21,23). The van der Waals surface area contributed by atoms with E-state index in [4.69, 9.17) is 16.3 Å². The van der Waals surface area contributed by atoms with Crippen LogP contribution in [0.5, 0.6) is 5.75 Å². The van der Waals surface area contributed by atoms with Crippen molar-refractivity contribution in [2.45, 2.75) is 37.4 Å². The third kappa shape index (κ3) is 3.43. The Kier molecular flexibility index (Phi) is 5.10. The van der Waals surface area contributed by atoms with Gasteiger partial charge in [-0.25, -0.2) is 4.98 Å². The Morgan fingerprint density at radius 2 is 2.26 bits per heavy atom. The second-order valence-corrected chi connectivity index (χ2v) is 7.99. The van der Waals surface area contributed by atoms with E-state index in [9.17, 15) is 4.79 Å². The highest BCUT2D eigenvalue weighted by atomic mass is 35.5. The van der Waals surface area contributed by atoms with E-state index in [2.05, 4.69) is 27.1 Å². The Morgan fingerprint density at radius 1 is 1.41 bits per heavy atom. The van der Waals surface area contributed by atoms with E-state index in [0.29, 0.717) is 38.9 Å². The molecule has 3 heterocycles. The van der Waals surface area contributed by atoms with Gasteiger partial charge >= 0.3 is 0 Å². The molecule has 1 aliphatic heterocycles. The lowest BCUT2D eigenvalue weighted by atomic mass is 10.0. The van der Waals surface area contributed by atoms with Crippen LogP contribution in [-0.4, -0.2) is 56.4 Å². The lowest BCUT2D eigenvalue weighted by Gasteiger charge is -2.33. The fourth-order valence-electron chi connectivity index (χ4n) is 3.51. The molecule has 1 unspecified atom stereocenters. The molecule has 1 N–H and O–H groups in total. The number of carbonyl (C=O) groups is 1. The first-order valence-corrected chi connectivity index (χ1v) is 10.3. The third-order valence-corrected chi connectivity index (χ3v) is 6.07. The van der Waals surface area contributed by atoms with Crippen molar-refractivity contribution in [1.29, 1.82) is 0 Å². The van der Waals surface area contributed by atoms with Crippen molar-refractivity contribution < 1.29 is 9.53 Å². The number of fused-ring (bicyclic) bond motifs is 3. The smallest absolute Gasteiger partial charge is 0.233 e. The van der Waals surface area contributed by atoms with E-state index in [-0.39, 0.29) is 5.91 Å². The molecule has 0 radical (unpaired) electrons. The maximum absolute atomic E-state index is 12.5. The van der Waals surface area contributed by atoms with Crippen LogP contribution in [0.25, 0.3) is 22.1 Å². The third-order valence-electron chi connectivity index (χ3n) is 4.93. The molecule has 4 rings (SSSR count). The van der Waals surface area contributed by atoms with Crippen LogP contribution in [0.1, 0.15) is 26.2 Å². The Balaban J connectivity index is 1.57. The minimum Gasteiger partial charge on any atom is -0.495 e. The highest BCUT2D eigenvalue weighted by Gasteiger charge is 2.23. The second kappa shape index (κ2) is 7.52. The largest absolute Gasteiger partial charge is 0.495 e. The van der Waals surface area contributed by atoms with Gasteiger partial charge < -0.3 is 14.6 Å². The second-order valence-electron chi connectivity index (χ2n) is 6.64. The summed E-state index contributed by atoms with van der Waals surface area (Å²) in [6.45, 7) is 2.94. The molecule has 1 aromatic carbocycles. The number of aromatic amines is 1. The summed E-state index contributed by atoms with van der Waals surface area (Å²) in [5.74, 6) is 1.09. The molecule has 0 aliphatic carbocycles. The van der Waals surface area contributed by atoms with Crippen molar-refractivity contribution in [3.63, 3.8) is 0 Å². The topological polar surface area (TPSA) is 84.0 Å². The minimum absolute atomic E-state index is 0.122. The number of amides is 1. The SMILES string of the molecule is COc1ccc(Cl)c2c1[nH]c1nc(SCC(=O)N3CCCCC3C)nnc12. The zero-order valence-electron chi connectivity index (χ0n) is 15.2. The van der Waals surface area contributed by atoms with Crippen molar-refractivity contribution >= 4 is 51.3 Å². The first kappa shape index (κ1) is 18.3. The zero-order valence-corrected chi connectivity index (χ0v) is 16.7. The Labute approximate surface area is 165 Å². The number of aromatic nitrogens is 4. The Bertz CT molecular complexity index is 1010. The monoisotopic (exact) mass is 405 g/mol. The van der Waals surface area contributed by atoms with Gasteiger partial charge in [-0.1, -0.05) is 23.4 Å². The number of benzene rings is 1. The molecule has 1 fully saturated rings. The molecule has 7 nitrogen and oxygen atoms in total. The minimum atomic E-state index is 0.122. The van der Waals surface area contributed by atoms with Crippen LogP contribution in [-0.2, 0) is 4.79 Å². The molecule has 1 atom stereocenters. The fourth-order valence-corrected chi connectivity index (χ4v) is 4.43. The quantitative estimate of drug-likeness (QED) is 0.667. The van der Waals surface area contributed by atoms with Crippen molar-refractivity contribution in [2.24, 2.45) is 0 Å². The first-order valence-electron chi connectivity index (χ1n) is 8.89. The van der Waals surface area contributed by atoms with Crippen LogP contribution in [0.15, 0.2) is 17.3 Å². The van der Waals surface area contributed by atoms with Gasteiger partial charge in [-0.15, -0.1) is 10.2 Å². The number of halogens is 1. The van der Waals surface area contributed by atoms with E-state index in [0.717, 1.165) is 30.3 Å². The molecule has 3 aromatic rings. The number of nitrogens with one attached hydrogen (secondary N) is 1. The van der Waals surface area contributed by atoms with Crippen molar-refractivity contribution in [3.05, 3.63) is 17.2 Å². The number of rotatable bonds is 4. The molecular formula is C18H20ClN5O2S. The highest BCUT2D eigenvalue weighted by Crippen LogP contribution is 2.35. The molecule has 1 aliphatic rings. The summed E-state index contributed by atoms with van der Waals surface area (Å²) in [4.78, 5) is 22.2. The summed E-state index contributed by atoms with van der Waals surface area (Å²) in [6, 6.07) is 3.86. The van der Waals surface area contributed by atoms with Crippen molar-refractivity contribution in [2.75, 3.05) is 19.4 Å². The van der Waals surface area contributed by atoms with E-state index >= 15 is 0 Å². The molecule has 1 amide bonds. The van der Waals surface area contributed by atoms with Crippen LogP contribution in [0, 0.1) is 0 Å². The van der Waals surface area contributed by atoms with Crippen LogP contribution in [0.3, 0.4) is 0 Å². The lowest BCUT2D eigenvalue weighted by Crippen LogP contribution is -2.42. The van der Waals surface area contributed by atoms with Crippen molar-refractivity contribution in [3.8, 4) is 5.75 Å². The molecule has 142 valence electrons. The average molecular weight is 406 g/mol. The summed E-state index contributed by atoms with van der Waals surface area (Å²) < 4.78 is 5.38. The number of methoxy groups -OCH3 is 1. The van der Waals surface area contributed by atoms with Gasteiger partial charge in [0.1, 0.15) is 11.3 Å². The average Bonchev–Trinajstić information content (AvgIpc) is 3.06. The van der Waals surface area contributed by atoms with Gasteiger partial charge in [0.05, 0.1) is 28.8 Å². The van der Waals surface area contributed by atoms with E-state index < -0.39 is 0 Å². The lowest BCUT2D eigenvalue weighted by molar-refractivity contribution is -0.131. The molecule has 27 heavy (non-hydrogen) atoms. The Hall–Kier alpha value is -2.06. The summed E-state index contributed by atoms with van der Waals surface area (Å²) in [7, 11) is 1.60. The highest BCUT2D eigenvalue weighted by molar-refractivity contribution is 7.99. The number of carbonyl (C=O) groups excluding carboxylic acids is 1. The summed E-state index contributed by atoms with van der Waals surface area (Å²) in [6.07, 6.45) is 3.33. The van der Waals surface area contributed by atoms with Crippen LogP contribution < -0.4 is 4.74 Å². The van der Waals surface area contributed by atoms with Gasteiger partial charge in [-0.2, -0.15) is 0 Å².